The average Bonchev–Trinajstić information content (AvgIpc) is 3.11. The van der Waals surface area contributed by atoms with E-state index in [0.29, 0.717) is 10.4 Å². The molecule has 26 heavy (non-hydrogen) atoms. The summed E-state index contributed by atoms with van der Waals surface area (Å²) >= 11 is 1.28. The van der Waals surface area contributed by atoms with Gasteiger partial charge < -0.3 is 10.2 Å². The molecule has 134 valence electrons. The summed E-state index contributed by atoms with van der Waals surface area (Å²) in [5.41, 5.74) is 2.50. The second-order valence-corrected chi connectivity index (χ2v) is 7.43. The molecule has 0 bridgehead atoms. The maximum absolute atomic E-state index is 13.9. The van der Waals surface area contributed by atoms with Gasteiger partial charge in [-0.1, -0.05) is 30.3 Å². The lowest BCUT2D eigenvalue weighted by atomic mass is 10.1. The zero-order valence-corrected chi connectivity index (χ0v) is 15.6. The maximum Gasteiger partial charge on any atom is 0.265 e. The third kappa shape index (κ3) is 4.56. The smallest absolute Gasteiger partial charge is 0.265 e. The Kier molecular flexibility index (Phi) is 5.81. The van der Waals surface area contributed by atoms with Gasteiger partial charge in [0.05, 0.1) is 4.88 Å². The third-order valence-electron chi connectivity index (χ3n) is 4.03. The second-order valence-electron chi connectivity index (χ2n) is 6.35. The molecule has 0 radical (unpaired) electrons. The summed E-state index contributed by atoms with van der Waals surface area (Å²) in [4.78, 5) is 15.9. The lowest BCUT2D eigenvalue weighted by Crippen LogP contribution is -2.15. The van der Waals surface area contributed by atoms with Crippen LogP contribution < -0.4 is 5.32 Å². The van der Waals surface area contributed by atoms with Crippen molar-refractivity contribution in [3.63, 3.8) is 0 Å². The molecule has 0 saturated carbocycles. The molecule has 3 rings (SSSR count). The van der Waals surface area contributed by atoms with Gasteiger partial charge in [0.15, 0.2) is 0 Å². The normalized spacial score (nSPS) is 10.9. The Labute approximate surface area is 157 Å². The van der Waals surface area contributed by atoms with Gasteiger partial charge in [-0.3, -0.25) is 4.79 Å². The fourth-order valence-corrected chi connectivity index (χ4v) is 3.49. The molecule has 3 aromatic rings. The molecular formula is C21H21FN2OS. The van der Waals surface area contributed by atoms with E-state index in [2.05, 4.69) is 10.2 Å². The van der Waals surface area contributed by atoms with Crippen molar-refractivity contribution >= 4 is 22.9 Å². The minimum absolute atomic E-state index is 0.182. The first-order valence-electron chi connectivity index (χ1n) is 8.42. The standard InChI is InChI=1S/C21H21FN2OS/c1-24(2)14-13-15-7-9-16(10-8-15)23-21(25)20-12-11-19(26-20)17-5-3-4-6-18(17)22/h3-12H,13-14H2,1-2H3,(H,23,25). The summed E-state index contributed by atoms with van der Waals surface area (Å²) in [5, 5.41) is 2.90. The predicted octanol–water partition coefficient (Wildman–Crippen LogP) is 4.91. The number of carbonyl (C=O) groups excluding carboxylic acids is 1. The SMILES string of the molecule is CN(C)CCc1ccc(NC(=O)c2ccc(-c3ccccc3F)s2)cc1. The number of likely N-dealkylation sites (N-methyl/N-ethyl adjacent to an activating group) is 1. The zero-order chi connectivity index (χ0) is 18.5. The molecule has 0 atom stereocenters. The van der Waals surface area contributed by atoms with E-state index in [0.717, 1.165) is 23.5 Å². The van der Waals surface area contributed by atoms with Crippen molar-refractivity contribution in [2.24, 2.45) is 0 Å². The van der Waals surface area contributed by atoms with Gasteiger partial charge in [0, 0.05) is 22.7 Å². The van der Waals surface area contributed by atoms with Gasteiger partial charge >= 0.3 is 0 Å². The summed E-state index contributed by atoms with van der Waals surface area (Å²) in [7, 11) is 4.09. The summed E-state index contributed by atoms with van der Waals surface area (Å²) in [6.07, 6.45) is 0.970. The van der Waals surface area contributed by atoms with Crippen molar-refractivity contribution in [1.82, 2.24) is 4.90 Å². The number of carbonyl (C=O) groups is 1. The van der Waals surface area contributed by atoms with Gasteiger partial charge in [0.25, 0.3) is 5.91 Å². The second kappa shape index (κ2) is 8.25. The van der Waals surface area contributed by atoms with Crippen molar-refractivity contribution in [2.45, 2.75) is 6.42 Å². The van der Waals surface area contributed by atoms with E-state index in [1.54, 1.807) is 30.3 Å². The minimum Gasteiger partial charge on any atom is -0.321 e. The molecule has 1 aromatic heterocycles. The summed E-state index contributed by atoms with van der Waals surface area (Å²) in [6.45, 7) is 0.986. The Morgan fingerprint density at radius 2 is 1.77 bits per heavy atom. The number of halogens is 1. The van der Waals surface area contributed by atoms with E-state index in [4.69, 9.17) is 0 Å². The van der Waals surface area contributed by atoms with Gasteiger partial charge in [0.2, 0.25) is 0 Å². The molecular weight excluding hydrogens is 347 g/mol. The first kappa shape index (κ1) is 18.3. The van der Waals surface area contributed by atoms with Crippen LogP contribution in [-0.4, -0.2) is 31.4 Å². The third-order valence-corrected chi connectivity index (χ3v) is 5.15. The predicted molar refractivity (Wildman–Crippen MR) is 106 cm³/mol. The summed E-state index contributed by atoms with van der Waals surface area (Å²) in [5.74, 6) is -0.465. The largest absolute Gasteiger partial charge is 0.321 e. The van der Waals surface area contributed by atoms with Crippen LogP contribution in [0.25, 0.3) is 10.4 Å². The van der Waals surface area contributed by atoms with Crippen molar-refractivity contribution in [2.75, 3.05) is 26.0 Å². The van der Waals surface area contributed by atoms with Crippen LogP contribution in [-0.2, 0) is 6.42 Å². The number of hydrogen-bond acceptors (Lipinski definition) is 3. The lowest BCUT2D eigenvalue weighted by molar-refractivity contribution is 0.103. The van der Waals surface area contributed by atoms with Crippen LogP contribution >= 0.6 is 11.3 Å². The number of rotatable bonds is 6. The molecule has 0 unspecified atom stereocenters. The van der Waals surface area contributed by atoms with Crippen LogP contribution in [0.15, 0.2) is 60.7 Å². The van der Waals surface area contributed by atoms with E-state index >= 15 is 0 Å². The highest BCUT2D eigenvalue weighted by Crippen LogP contribution is 2.30. The van der Waals surface area contributed by atoms with Crippen LogP contribution in [0.3, 0.4) is 0 Å². The van der Waals surface area contributed by atoms with E-state index in [-0.39, 0.29) is 11.7 Å². The summed E-state index contributed by atoms with van der Waals surface area (Å²) in [6, 6.07) is 18.0. The zero-order valence-electron chi connectivity index (χ0n) is 14.8. The Hall–Kier alpha value is -2.50. The maximum atomic E-state index is 13.9. The Morgan fingerprint density at radius 1 is 1.04 bits per heavy atom. The van der Waals surface area contributed by atoms with Crippen LogP contribution in [0, 0.1) is 5.82 Å². The van der Waals surface area contributed by atoms with E-state index in [1.165, 1.54) is 23.0 Å². The van der Waals surface area contributed by atoms with Crippen molar-refractivity contribution in [1.29, 1.82) is 0 Å². The van der Waals surface area contributed by atoms with Gasteiger partial charge in [-0.05, 0) is 56.4 Å². The molecule has 0 aliphatic rings. The number of benzene rings is 2. The molecule has 3 nitrogen and oxygen atoms in total. The van der Waals surface area contributed by atoms with E-state index in [1.807, 2.05) is 38.4 Å². The Morgan fingerprint density at radius 3 is 2.46 bits per heavy atom. The molecule has 5 heteroatoms. The first-order chi connectivity index (χ1) is 12.5. The van der Waals surface area contributed by atoms with Gasteiger partial charge in [-0.25, -0.2) is 4.39 Å². The Balaban J connectivity index is 1.66. The highest BCUT2D eigenvalue weighted by molar-refractivity contribution is 7.17. The van der Waals surface area contributed by atoms with Crippen molar-refractivity contribution in [3.05, 3.63) is 76.9 Å². The number of amides is 1. The van der Waals surface area contributed by atoms with Crippen LogP contribution in [0.2, 0.25) is 0 Å². The highest BCUT2D eigenvalue weighted by atomic mass is 32.1. The first-order valence-corrected chi connectivity index (χ1v) is 9.24. The molecule has 0 fully saturated rings. The molecule has 1 heterocycles. The number of hydrogen-bond donors (Lipinski definition) is 1. The molecule has 1 N–H and O–H groups in total. The van der Waals surface area contributed by atoms with Crippen molar-refractivity contribution in [3.8, 4) is 10.4 Å². The summed E-state index contributed by atoms with van der Waals surface area (Å²) < 4.78 is 13.9. The van der Waals surface area contributed by atoms with Gasteiger partial charge in [-0.2, -0.15) is 0 Å². The monoisotopic (exact) mass is 368 g/mol. The highest BCUT2D eigenvalue weighted by Gasteiger charge is 2.12. The molecule has 0 spiro atoms. The minimum atomic E-state index is -0.283. The average molecular weight is 368 g/mol. The number of nitrogens with one attached hydrogen (secondary N) is 1. The quantitative estimate of drug-likeness (QED) is 0.670. The molecule has 2 aromatic carbocycles. The van der Waals surface area contributed by atoms with E-state index in [9.17, 15) is 9.18 Å². The topological polar surface area (TPSA) is 32.3 Å². The van der Waals surface area contributed by atoms with Gasteiger partial charge in [0.1, 0.15) is 5.82 Å². The molecule has 0 aliphatic carbocycles. The fraction of sp³-hybridized carbons (Fsp3) is 0.190. The van der Waals surface area contributed by atoms with Gasteiger partial charge in [-0.15, -0.1) is 11.3 Å². The number of anilines is 1. The lowest BCUT2D eigenvalue weighted by Gasteiger charge is -2.10. The molecule has 1 amide bonds. The number of thiophene rings is 1. The molecule has 0 aliphatic heterocycles. The van der Waals surface area contributed by atoms with Crippen LogP contribution in [0.1, 0.15) is 15.2 Å². The van der Waals surface area contributed by atoms with E-state index < -0.39 is 0 Å². The Bertz CT molecular complexity index is 887. The number of nitrogens with zero attached hydrogens (tertiary/aromatic N) is 1. The molecule has 0 saturated heterocycles. The van der Waals surface area contributed by atoms with Crippen molar-refractivity contribution < 1.29 is 9.18 Å². The van der Waals surface area contributed by atoms with Crippen LogP contribution in [0.5, 0.6) is 0 Å². The van der Waals surface area contributed by atoms with Crippen LogP contribution in [0.4, 0.5) is 10.1 Å². The fourth-order valence-electron chi connectivity index (χ4n) is 2.57.